The van der Waals surface area contributed by atoms with E-state index in [0.29, 0.717) is 12.5 Å². The summed E-state index contributed by atoms with van der Waals surface area (Å²) in [6.45, 7) is 10.5. The van der Waals surface area contributed by atoms with E-state index in [1.807, 2.05) is 18.2 Å². The molecule has 0 saturated heterocycles. The Morgan fingerprint density at radius 2 is 1.59 bits per heavy atom. The predicted molar refractivity (Wildman–Crippen MR) is 134 cm³/mol. The van der Waals surface area contributed by atoms with Crippen molar-refractivity contribution in [3.8, 4) is 5.75 Å². The average Bonchev–Trinajstić information content (AvgIpc) is 3.16. The molecule has 0 aliphatic heterocycles. The zero-order valence-corrected chi connectivity index (χ0v) is 19.7. The minimum absolute atomic E-state index is 0.229. The first-order chi connectivity index (χ1) is 15.5. The van der Waals surface area contributed by atoms with Gasteiger partial charge in [-0.1, -0.05) is 75.4 Å². The molecular weight excluding hydrogens is 392 g/mol. The number of aromatic nitrogens is 2. The van der Waals surface area contributed by atoms with Gasteiger partial charge >= 0.3 is 0 Å². The Morgan fingerprint density at radius 3 is 2.34 bits per heavy atom. The maximum Gasteiger partial charge on any atom is 0.122 e. The van der Waals surface area contributed by atoms with E-state index in [1.165, 1.54) is 22.2 Å². The van der Waals surface area contributed by atoms with Gasteiger partial charge in [-0.2, -0.15) is 0 Å². The van der Waals surface area contributed by atoms with E-state index in [-0.39, 0.29) is 5.92 Å². The zero-order chi connectivity index (χ0) is 22.5. The number of aryl methyl sites for hydroxylation is 2. The highest BCUT2D eigenvalue weighted by atomic mass is 16.5. The van der Waals surface area contributed by atoms with Crippen LogP contribution in [0.1, 0.15) is 55.6 Å². The third-order valence-electron chi connectivity index (χ3n) is 6.07. The predicted octanol–water partition coefficient (Wildman–Crippen LogP) is 7.16. The zero-order valence-electron chi connectivity index (χ0n) is 19.7. The third-order valence-corrected chi connectivity index (χ3v) is 6.07. The molecule has 3 aromatic carbocycles. The Balaban J connectivity index is 1.52. The summed E-state index contributed by atoms with van der Waals surface area (Å²) in [5.41, 5.74) is 6.14. The summed E-state index contributed by atoms with van der Waals surface area (Å²) in [6, 6.07) is 25.7. The van der Waals surface area contributed by atoms with Crippen molar-refractivity contribution in [2.24, 2.45) is 5.92 Å². The number of hydrogen-bond donors (Lipinski definition) is 0. The van der Waals surface area contributed by atoms with Crippen LogP contribution in [0.15, 0.2) is 72.8 Å². The standard InChI is InChI=1S/C29H34N2O/c1-21(2)20-24-14-16-25(17-15-24)23(4)29-30-26-11-6-7-12-27(26)31(29)18-9-19-32-28-13-8-5-10-22(28)3/h5-8,10-17,21,23H,9,18-20H2,1-4H3/t23-/m1/s1. The van der Waals surface area contributed by atoms with Crippen LogP contribution in [0.3, 0.4) is 0 Å². The molecule has 0 fully saturated rings. The van der Waals surface area contributed by atoms with Gasteiger partial charge in [0.1, 0.15) is 11.6 Å². The lowest BCUT2D eigenvalue weighted by Gasteiger charge is -2.16. The molecule has 3 heteroatoms. The molecule has 1 aromatic heterocycles. The van der Waals surface area contributed by atoms with E-state index in [0.717, 1.165) is 36.5 Å². The van der Waals surface area contributed by atoms with Gasteiger partial charge in [0.15, 0.2) is 0 Å². The van der Waals surface area contributed by atoms with Crippen molar-refractivity contribution in [3.63, 3.8) is 0 Å². The average molecular weight is 427 g/mol. The SMILES string of the molecule is Cc1ccccc1OCCCn1c([C@H](C)c2ccc(CC(C)C)cc2)nc2ccccc21. The number of nitrogens with zero attached hydrogens (tertiary/aromatic N) is 2. The molecule has 0 N–H and O–H groups in total. The van der Waals surface area contributed by atoms with Gasteiger partial charge < -0.3 is 9.30 Å². The van der Waals surface area contributed by atoms with Gasteiger partial charge in [0, 0.05) is 12.5 Å². The summed E-state index contributed by atoms with van der Waals surface area (Å²) in [7, 11) is 0. The Morgan fingerprint density at radius 1 is 0.875 bits per heavy atom. The Labute approximate surface area is 192 Å². The summed E-state index contributed by atoms with van der Waals surface area (Å²) in [5, 5.41) is 0. The molecular formula is C29H34N2O. The summed E-state index contributed by atoms with van der Waals surface area (Å²) in [4.78, 5) is 5.03. The lowest BCUT2D eigenvalue weighted by Crippen LogP contribution is -2.11. The van der Waals surface area contributed by atoms with Crippen LogP contribution >= 0.6 is 0 Å². The second-order valence-electron chi connectivity index (χ2n) is 9.14. The quantitative estimate of drug-likeness (QED) is 0.265. The molecule has 166 valence electrons. The van der Waals surface area contributed by atoms with Crippen molar-refractivity contribution < 1.29 is 4.74 Å². The first-order valence-corrected chi connectivity index (χ1v) is 11.8. The highest BCUT2D eigenvalue weighted by molar-refractivity contribution is 5.76. The summed E-state index contributed by atoms with van der Waals surface area (Å²) < 4.78 is 8.42. The van der Waals surface area contributed by atoms with Gasteiger partial charge in [-0.05, 0) is 60.6 Å². The Hall–Kier alpha value is -3.07. The third kappa shape index (κ3) is 5.04. The summed E-state index contributed by atoms with van der Waals surface area (Å²) >= 11 is 0. The smallest absolute Gasteiger partial charge is 0.122 e. The second kappa shape index (κ2) is 10.0. The normalized spacial score (nSPS) is 12.4. The van der Waals surface area contributed by atoms with Gasteiger partial charge in [-0.15, -0.1) is 0 Å². The lowest BCUT2D eigenvalue weighted by atomic mass is 9.96. The molecule has 0 bridgehead atoms. The largest absolute Gasteiger partial charge is 0.493 e. The van der Waals surface area contributed by atoms with Crippen LogP contribution < -0.4 is 4.74 Å². The van der Waals surface area contributed by atoms with Crippen molar-refractivity contribution in [2.75, 3.05) is 6.61 Å². The highest BCUT2D eigenvalue weighted by Crippen LogP contribution is 2.28. The minimum atomic E-state index is 0.229. The fourth-order valence-electron chi connectivity index (χ4n) is 4.35. The van der Waals surface area contributed by atoms with Crippen molar-refractivity contribution in [3.05, 3.63) is 95.3 Å². The van der Waals surface area contributed by atoms with Crippen molar-refractivity contribution in [2.45, 2.75) is 53.0 Å². The molecule has 0 radical (unpaired) electrons. The van der Waals surface area contributed by atoms with Gasteiger partial charge in [0.2, 0.25) is 0 Å². The molecule has 0 aliphatic rings. The van der Waals surface area contributed by atoms with E-state index in [9.17, 15) is 0 Å². The lowest BCUT2D eigenvalue weighted by molar-refractivity contribution is 0.299. The number of para-hydroxylation sites is 3. The van der Waals surface area contributed by atoms with Crippen molar-refractivity contribution >= 4 is 11.0 Å². The van der Waals surface area contributed by atoms with E-state index in [1.54, 1.807) is 0 Å². The van der Waals surface area contributed by atoms with Crippen LogP contribution in [0, 0.1) is 12.8 Å². The van der Waals surface area contributed by atoms with Gasteiger partial charge in [0.05, 0.1) is 17.6 Å². The molecule has 0 saturated carbocycles. The summed E-state index contributed by atoms with van der Waals surface area (Å²) in [6.07, 6.45) is 2.05. The fraction of sp³-hybridized carbons (Fsp3) is 0.345. The Kier molecular flexibility index (Phi) is 6.94. The number of fused-ring (bicyclic) bond motifs is 1. The van der Waals surface area contributed by atoms with Crippen LogP contribution in [0.4, 0.5) is 0 Å². The monoisotopic (exact) mass is 426 g/mol. The molecule has 4 rings (SSSR count). The minimum Gasteiger partial charge on any atom is -0.493 e. The van der Waals surface area contributed by atoms with Gasteiger partial charge in [-0.3, -0.25) is 0 Å². The molecule has 0 aliphatic carbocycles. The van der Waals surface area contributed by atoms with Crippen LogP contribution in [0.2, 0.25) is 0 Å². The van der Waals surface area contributed by atoms with Gasteiger partial charge in [-0.25, -0.2) is 4.98 Å². The molecule has 1 atom stereocenters. The topological polar surface area (TPSA) is 27.1 Å². The van der Waals surface area contributed by atoms with E-state index in [4.69, 9.17) is 9.72 Å². The molecule has 32 heavy (non-hydrogen) atoms. The first kappa shape index (κ1) is 22.1. The number of benzene rings is 3. The van der Waals surface area contributed by atoms with Gasteiger partial charge in [0.25, 0.3) is 0 Å². The van der Waals surface area contributed by atoms with Crippen LogP contribution in [-0.4, -0.2) is 16.2 Å². The molecule has 3 nitrogen and oxygen atoms in total. The van der Waals surface area contributed by atoms with Crippen LogP contribution in [0.25, 0.3) is 11.0 Å². The molecule has 0 spiro atoms. The summed E-state index contributed by atoms with van der Waals surface area (Å²) in [5.74, 6) is 2.99. The number of rotatable bonds is 9. The van der Waals surface area contributed by atoms with Crippen molar-refractivity contribution in [1.29, 1.82) is 0 Å². The number of imidazole rings is 1. The first-order valence-electron chi connectivity index (χ1n) is 11.8. The van der Waals surface area contributed by atoms with E-state index < -0.39 is 0 Å². The maximum atomic E-state index is 6.04. The van der Waals surface area contributed by atoms with Crippen molar-refractivity contribution in [1.82, 2.24) is 9.55 Å². The fourth-order valence-corrected chi connectivity index (χ4v) is 4.35. The molecule has 0 unspecified atom stereocenters. The van der Waals surface area contributed by atoms with E-state index in [2.05, 4.69) is 86.9 Å². The highest BCUT2D eigenvalue weighted by Gasteiger charge is 2.18. The number of hydrogen-bond acceptors (Lipinski definition) is 2. The van der Waals surface area contributed by atoms with E-state index >= 15 is 0 Å². The molecule has 0 amide bonds. The molecule has 1 heterocycles. The molecule has 4 aromatic rings. The Bertz CT molecular complexity index is 1160. The number of ether oxygens (including phenoxy) is 1. The maximum absolute atomic E-state index is 6.04. The van der Waals surface area contributed by atoms with Crippen LogP contribution in [-0.2, 0) is 13.0 Å². The second-order valence-corrected chi connectivity index (χ2v) is 9.14. The van der Waals surface area contributed by atoms with Crippen LogP contribution in [0.5, 0.6) is 5.75 Å².